The first-order chi connectivity index (χ1) is 15.9. The summed E-state index contributed by atoms with van der Waals surface area (Å²) in [4.78, 5) is 19.7. The molecule has 33 heavy (non-hydrogen) atoms. The second-order valence-electron chi connectivity index (χ2n) is 7.70. The van der Waals surface area contributed by atoms with Gasteiger partial charge in [0.1, 0.15) is 21.6 Å². The quantitative estimate of drug-likeness (QED) is 0.377. The number of para-hydroxylation sites is 1. The molecule has 1 fully saturated rings. The van der Waals surface area contributed by atoms with Gasteiger partial charge in [-0.2, -0.15) is 4.31 Å². The molecule has 0 N–H and O–H groups in total. The number of amides is 1. The largest absolute Gasteiger partial charge is 0.282 e. The van der Waals surface area contributed by atoms with Crippen LogP contribution in [0, 0.1) is 5.82 Å². The first-order valence-corrected chi connectivity index (χ1v) is 13.5. The third-order valence-electron chi connectivity index (χ3n) is 5.59. The summed E-state index contributed by atoms with van der Waals surface area (Å²) in [6.07, 6.45) is 1.02. The summed E-state index contributed by atoms with van der Waals surface area (Å²) in [6, 6.07) is 16.5. The van der Waals surface area contributed by atoms with Crippen molar-refractivity contribution >= 4 is 54.0 Å². The Bertz CT molecular complexity index is 1390. The number of thiazole rings is 1. The average Bonchev–Trinajstić information content (AvgIpc) is 3.58. The van der Waals surface area contributed by atoms with Gasteiger partial charge in [-0.15, -0.1) is 11.3 Å². The summed E-state index contributed by atoms with van der Waals surface area (Å²) in [5, 5.41) is 2.06. The number of nitrogens with zero attached hydrogens (tertiary/aromatic N) is 3. The van der Waals surface area contributed by atoms with Gasteiger partial charge >= 0.3 is 0 Å². The lowest BCUT2D eigenvalue weighted by atomic mass is 10.1. The van der Waals surface area contributed by atoms with Gasteiger partial charge in [0.05, 0.1) is 11.2 Å². The van der Waals surface area contributed by atoms with Crippen LogP contribution in [-0.2, 0) is 21.4 Å². The van der Waals surface area contributed by atoms with E-state index in [1.54, 1.807) is 29.6 Å². The molecule has 3 heterocycles. The first kappa shape index (κ1) is 22.1. The lowest BCUT2D eigenvalue weighted by molar-refractivity contribution is -0.121. The predicted molar refractivity (Wildman–Crippen MR) is 128 cm³/mol. The van der Waals surface area contributed by atoms with Crippen LogP contribution in [0.5, 0.6) is 0 Å². The maximum Gasteiger partial charge on any atom is 0.253 e. The van der Waals surface area contributed by atoms with Crippen LogP contribution in [-0.4, -0.2) is 36.2 Å². The zero-order chi connectivity index (χ0) is 23.0. The molecule has 1 saturated heterocycles. The number of rotatable bonds is 6. The van der Waals surface area contributed by atoms with Gasteiger partial charge in [0, 0.05) is 6.54 Å². The van der Waals surface area contributed by atoms with Crippen LogP contribution in [0.3, 0.4) is 0 Å². The summed E-state index contributed by atoms with van der Waals surface area (Å²) < 4.78 is 42.9. The number of hydrogen-bond acceptors (Lipinski definition) is 6. The van der Waals surface area contributed by atoms with E-state index >= 15 is 0 Å². The Labute approximate surface area is 199 Å². The van der Waals surface area contributed by atoms with E-state index in [-0.39, 0.29) is 28.7 Å². The highest BCUT2D eigenvalue weighted by Gasteiger charge is 2.42. The maximum absolute atomic E-state index is 14.3. The molecule has 1 unspecified atom stereocenters. The summed E-state index contributed by atoms with van der Waals surface area (Å²) >= 11 is 2.36. The molecule has 2 aromatic heterocycles. The SMILES string of the molecule is O=C(C1CCCN1S(=O)(=O)c1cccs1)N(Cc1ccccc1)c1nc2c(F)cccc2s1. The molecule has 1 aliphatic heterocycles. The van der Waals surface area contributed by atoms with Gasteiger partial charge in [-0.25, -0.2) is 17.8 Å². The zero-order valence-electron chi connectivity index (χ0n) is 17.4. The summed E-state index contributed by atoms with van der Waals surface area (Å²) in [6.45, 7) is 0.495. The molecule has 0 spiro atoms. The minimum Gasteiger partial charge on any atom is -0.282 e. The molecule has 0 saturated carbocycles. The van der Waals surface area contributed by atoms with Gasteiger partial charge in [0.15, 0.2) is 5.13 Å². The normalized spacial score (nSPS) is 16.9. The van der Waals surface area contributed by atoms with Crippen molar-refractivity contribution < 1.29 is 17.6 Å². The number of hydrogen-bond donors (Lipinski definition) is 0. The Balaban J connectivity index is 1.54. The van der Waals surface area contributed by atoms with E-state index in [0.717, 1.165) is 16.9 Å². The summed E-state index contributed by atoms with van der Waals surface area (Å²) in [5.74, 6) is -0.805. The molecule has 170 valence electrons. The Hall–Kier alpha value is -2.66. The Morgan fingerprint density at radius 2 is 1.94 bits per heavy atom. The molecule has 10 heteroatoms. The van der Waals surface area contributed by atoms with Crippen molar-refractivity contribution in [2.24, 2.45) is 0 Å². The molecule has 6 nitrogen and oxygen atoms in total. The first-order valence-electron chi connectivity index (χ1n) is 10.4. The molecule has 5 rings (SSSR count). The number of carbonyl (C=O) groups excluding carboxylic acids is 1. The Morgan fingerprint density at radius 3 is 2.67 bits per heavy atom. The number of fused-ring (bicyclic) bond motifs is 1. The topological polar surface area (TPSA) is 70.6 Å². The van der Waals surface area contributed by atoms with Crippen molar-refractivity contribution in [3.8, 4) is 0 Å². The minimum absolute atomic E-state index is 0.206. The van der Waals surface area contributed by atoms with Crippen molar-refractivity contribution in [3.05, 3.63) is 77.4 Å². The van der Waals surface area contributed by atoms with Gasteiger partial charge in [0.2, 0.25) is 5.91 Å². The van der Waals surface area contributed by atoms with E-state index in [4.69, 9.17) is 0 Å². The minimum atomic E-state index is -3.78. The zero-order valence-corrected chi connectivity index (χ0v) is 19.9. The average molecular weight is 502 g/mol. The van der Waals surface area contributed by atoms with E-state index in [1.165, 1.54) is 26.6 Å². The van der Waals surface area contributed by atoms with Crippen molar-refractivity contribution in [3.63, 3.8) is 0 Å². The second-order valence-corrected chi connectivity index (χ2v) is 11.8. The molecule has 4 aromatic rings. The third kappa shape index (κ3) is 4.19. The van der Waals surface area contributed by atoms with E-state index in [2.05, 4.69) is 4.98 Å². The number of sulfonamides is 1. The van der Waals surface area contributed by atoms with E-state index in [0.29, 0.717) is 22.7 Å². The van der Waals surface area contributed by atoms with Gasteiger partial charge in [0.25, 0.3) is 10.0 Å². The van der Waals surface area contributed by atoms with Gasteiger partial charge in [-0.3, -0.25) is 9.69 Å². The molecule has 0 aliphatic carbocycles. The highest BCUT2D eigenvalue weighted by atomic mass is 32.2. The van der Waals surface area contributed by atoms with Crippen LogP contribution < -0.4 is 4.90 Å². The molecule has 1 atom stereocenters. The van der Waals surface area contributed by atoms with Crippen molar-refractivity contribution in [1.29, 1.82) is 0 Å². The highest BCUT2D eigenvalue weighted by Crippen LogP contribution is 2.34. The number of aromatic nitrogens is 1. The van der Waals surface area contributed by atoms with Crippen LogP contribution in [0.15, 0.2) is 70.3 Å². The fourth-order valence-corrected chi connectivity index (χ4v) is 7.76. The fourth-order valence-electron chi connectivity index (χ4n) is 4.00. The number of anilines is 1. The Morgan fingerprint density at radius 1 is 1.12 bits per heavy atom. The lowest BCUT2D eigenvalue weighted by Gasteiger charge is -2.28. The Kier molecular flexibility index (Phi) is 6.00. The number of benzene rings is 2. The van der Waals surface area contributed by atoms with Gasteiger partial charge in [-0.05, 0) is 42.0 Å². The van der Waals surface area contributed by atoms with Gasteiger partial charge in [-0.1, -0.05) is 53.8 Å². The van der Waals surface area contributed by atoms with Crippen LogP contribution in [0.4, 0.5) is 9.52 Å². The van der Waals surface area contributed by atoms with Crippen molar-refractivity contribution in [2.75, 3.05) is 11.4 Å². The monoisotopic (exact) mass is 501 g/mol. The van der Waals surface area contributed by atoms with Crippen LogP contribution in [0.25, 0.3) is 10.2 Å². The van der Waals surface area contributed by atoms with Crippen LogP contribution in [0.1, 0.15) is 18.4 Å². The molecule has 0 radical (unpaired) electrons. The fraction of sp³-hybridized carbons (Fsp3) is 0.217. The van der Waals surface area contributed by atoms with Crippen LogP contribution in [0.2, 0.25) is 0 Å². The third-order valence-corrected chi connectivity index (χ3v) is 9.91. The standard InChI is InChI=1S/C23H20FN3O3S3/c24-17-9-4-11-19-21(17)25-23(32-19)26(15-16-7-2-1-3-8-16)22(28)18-10-5-13-27(18)33(29,30)20-12-6-14-31-20/h1-4,6-9,11-12,14,18H,5,10,13,15H2. The smallest absolute Gasteiger partial charge is 0.253 e. The predicted octanol–water partition coefficient (Wildman–Crippen LogP) is 4.88. The summed E-state index contributed by atoms with van der Waals surface area (Å²) in [7, 11) is -3.78. The van der Waals surface area contributed by atoms with Crippen LogP contribution >= 0.6 is 22.7 Å². The van der Waals surface area contributed by atoms with E-state index < -0.39 is 21.9 Å². The number of halogens is 1. The number of carbonyl (C=O) groups is 1. The van der Waals surface area contributed by atoms with E-state index in [9.17, 15) is 17.6 Å². The second kappa shape index (κ2) is 8.94. The summed E-state index contributed by atoms with van der Waals surface area (Å²) in [5.41, 5.74) is 1.08. The molecule has 1 amide bonds. The molecular weight excluding hydrogens is 481 g/mol. The maximum atomic E-state index is 14.3. The van der Waals surface area contributed by atoms with Gasteiger partial charge < -0.3 is 0 Å². The molecule has 2 aromatic carbocycles. The van der Waals surface area contributed by atoms with Crippen molar-refractivity contribution in [1.82, 2.24) is 9.29 Å². The molecular formula is C23H20FN3O3S3. The van der Waals surface area contributed by atoms with Crippen molar-refractivity contribution in [2.45, 2.75) is 29.6 Å². The highest BCUT2D eigenvalue weighted by molar-refractivity contribution is 7.91. The molecule has 1 aliphatic rings. The number of thiophene rings is 1. The molecule has 0 bridgehead atoms. The van der Waals surface area contributed by atoms with E-state index in [1.807, 2.05) is 30.3 Å². The lowest BCUT2D eigenvalue weighted by Crippen LogP contribution is -2.47.